The van der Waals surface area contributed by atoms with E-state index in [-0.39, 0.29) is 46.8 Å². The van der Waals surface area contributed by atoms with Gasteiger partial charge in [0.2, 0.25) is 11.8 Å². The van der Waals surface area contributed by atoms with Crippen LogP contribution in [0.4, 0.5) is 5.69 Å². The zero-order chi connectivity index (χ0) is 23.3. The predicted molar refractivity (Wildman–Crippen MR) is 119 cm³/mol. The van der Waals surface area contributed by atoms with E-state index in [1.807, 2.05) is 6.92 Å². The highest BCUT2D eigenvalue weighted by Crippen LogP contribution is 2.55. The van der Waals surface area contributed by atoms with Crippen molar-refractivity contribution in [2.24, 2.45) is 23.7 Å². The Morgan fingerprint density at radius 1 is 1.00 bits per heavy atom. The first-order valence-corrected chi connectivity index (χ1v) is 10.9. The Kier molecular flexibility index (Phi) is 5.12. The molecule has 1 saturated heterocycles. The molecule has 33 heavy (non-hydrogen) atoms. The van der Waals surface area contributed by atoms with E-state index in [0.717, 1.165) is 6.42 Å². The molecule has 2 aromatic carbocycles. The summed E-state index contributed by atoms with van der Waals surface area (Å²) in [5.74, 6) is -1.07. The Balaban J connectivity index is 1.24. The largest absolute Gasteiger partial charge is 0.497 e. The van der Waals surface area contributed by atoms with Crippen molar-refractivity contribution in [3.05, 3.63) is 71.3 Å². The molecule has 2 bridgehead atoms. The van der Waals surface area contributed by atoms with Crippen LogP contribution < -0.4 is 9.64 Å². The van der Waals surface area contributed by atoms with Gasteiger partial charge in [-0.1, -0.05) is 23.8 Å². The molecular weight excluding hydrogens is 422 g/mol. The monoisotopic (exact) mass is 445 g/mol. The van der Waals surface area contributed by atoms with E-state index >= 15 is 0 Å². The SMILES string of the molecule is COc1cccc(C(=O)COC(=O)c2ccc(N3C(=O)[C@@H]4[C@H](C3=O)[C@H]3C=C(C)[C@H]4C3)cc2)c1. The van der Waals surface area contributed by atoms with Crippen LogP contribution in [-0.2, 0) is 14.3 Å². The number of ketones is 1. The summed E-state index contributed by atoms with van der Waals surface area (Å²) < 4.78 is 10.2. The maximum absolute atomic E-state index is 13.0. The summed E-state index contributed by atoms with van der Waals surface area (Å²) >= 11 is 0. The molecule has 0 radical (unpaired) electrons. The molecule has 2 aliphatic carbocycles. The van der Waals surface area contributed by atoms with Gasteiger partial charge in [-0.2, -0.15) is 0 Å². The molecule has 0 N–H and O–H groups in total. The zero-order valence-corrected chi connectivity index (χ0v) is 18.3. The van der Waals surface area contributed by atoms with Crippen LogP contribution in [0.1, 0.15) is 34.1 Å². The van der Waals surface area contributed by atoms with Gasteiger partial charge in [-0.3, -0.25) is 19.3 Å². The van der Waals surface area contributed by atoms with E-state index < -0.39 is 12.6 Å². The molecular formula is C26H23NO6. The molecule has 0 aromatic heterocycles. The molecule has 3 aliphatic rings. The fraction of sp³-hybridized carbons (Fsp3) is 0.308. The van der Waals surface area contributed by atoms with Crippen LogP contribution in [0.3, 0.4) is 0 Å². The second-order valence-electron chi connectivity index (χ2n) is 8.76. The first kappa shape index (κ1) is 21.1. The summed E-state index contributed by atoms with van der Waals surface area (Å²) in [6.07, 6.45) is 3.01. The first-order valence-electron chi connectivity index (χ1n) is 10.9. The van der Waals surface area contributed by atoms with Crippen molar-refractivity contribution < 1.29 is 28.7 Å². The highest BCUT2D eigenvalue weighted by atomic mass is 16.5. The van der Waals surface area contributed by atoms with Gasteiger partial charge < -0.3 is 9.47 Å². The fourth-order valence-corrected chi connectivity index (χ4v) is 5.37. The van der Waals surface area contributed by atoms with Gasteiger partial charge in [0.15, 0.2) is 12.4 Å². The number of allylic oxidation sites excluding steroid dienone is 2. The van der Waals surface area contributed by atoms with Crippen LogP contribution in [0.25, 0.3) is 0 Å². The van der Waals surface area contributed by atoms with Crippen molar-refractivity contribution in [1.29, 1.82) is 0 Å². The lowest BCUT2D eigenvalue weighted by Crippen LogP contribution is -2.32. The summed E-state index contributed by atoms with van der Waals surface area (Å²) in [6, 6.07) is 12.7. The standard InChI is InChI=1S/C26H23NO6/c1-14-10-17-12-20(14)23-22(17)24(29)27(25(23)30)18-8-6-15(7-9-18)26(31)33-13-21(28)16-4-3-5-19(11-16)32-2/h3-11,17,20,22-23H,12-13H2,1-2H3/t17-,20+,22+,23-/m0/s1. The minimum absolute atomic E-state index is 0.137. The molecule has 168 valence electrons. The minimum Gasteiger partial charge on any atom is -0.497 e. The number of fused-ring (bicyclic) bond motifs is 5. The van der Waals surface area contributed by atoms with Crippen LogP contribution in [0, 0.1) is 23.7 Å². The number of Topliss-reactive ketones (excluding diaryl/α,β-unsaturated/α-hetero) is 1. The highest BCUT2D eigenvalue weighted by molar-refractivity contribution is 6.23. The van der Waals surface area contributed by atoms with E-state index in [9.17, 15) is 19.2 Å². The molecule has 0 unspecified atom stereocenters. The van der Waals surface area contributed by atoms with Gasteiger partial charge in [0.1, 0.15) is 5.75 Å². The normalized spacial score (nSPS) is 25.2. The van der Waals surface area contributed by atoms with Gasteiger partial charge >= 0.3 is 5.97 Å². The van der Waals surface area contributed by atoms with Crippen molar-refractivity contribution in [2.45, 2.75) is 13.3 Å². The number of imide groups is 1. The molecule has 7 nitrogen and oxygen atoms in total. The summed E-state index contributed by atoms with van der Waals surface area (Å²) in [4.78, 5) is 52.0. The van der Waals surface area contributed by atoms with Crippen LogP contribution in [-0.4, -0.2) is 37.3 Å². The van der Waals surface area contributed by atoms with E-state index in [0.29, 0.717) is 17.0 Å². The number of hydrogen-bond donors (Lipinski definition) is 0. The van der Waals surface area contributed by atoms with Crippen LogP contribution >= 0.6 is 0 Å². The fourth-order valence-electron chi connectivity index (χ4n) is 5.37. The number of nitrogens with zero attached hydrogens (tertiary/aromatic N) is 1. The molecule has 2 amide bonds. The first-order chi connectivity index (χ1) is 15.9. The second kappa shape index (κ2) is 7.99. The molecule has 4 atom stereocenters. The average Bonchev–Trinajstić information content (AvgIpc) is 3.47. The number of esters is 1. The number of benzene rings is 2. The number of hydrogen-bond acceptors (Lipinski definition) is 6. The van der Waals surface area contributed by atoms with E-state index in [1.165, 1.54) is 29.7 Å². The van der Waals surface area contributed by atoms with Crippen molar-refractivity contribution >= 4 is 29.3 Å². The molecule has 1 saturated carbocycles. The Morgan fingerprint density at radius 2 is 1.73 bits per heavy atom. The molecule has 1 aliphatic heterocycles. The maximum atomic E-state index is 13.0. The quantitative estimate of drug-likeness (QED) is 0.293. The summed E-state index contributed by atoms with van der Waals surface area (Å²) in [5, 5.41) is 0. The Bertz CT molecular complexity index is 1200. The van der Waals surface area contributed by atoms with Crippen LogP contribution in [0.15, 0.2) is 60.2 Å². The molecule has 7 heteroatoms. The Hall–Kier alpha value is -3.74. The molecule has 2 aromatic rings. The Morgan fingerprint density at radius 3 is 2.45 bits per heavy atom. The number of carbonyl (C=O) groups is 4. The van der Waals surface area contributed by atoms with Crippen molar-refractivity contribution in [3.8, 4) is 5.75 Å². The maximum Gasteiger partial charge on any atom is 0.338 e. The van der Waals surface area contributed by atoms with Gasteiger partial charge in [-0.05, 0) is 61.6 Å². The lowest BCUT2D eigenvalue weighted by Gasteiger charge is -2.19. The number of ether oxygens (including phenoxy) is 2. The third-order valence-electron chi connectivity index (χ3n) is 6.97. The summed E-state index contributed by atoms with van der Waals surface area (Å²) in [7, 11) is 1.51. The summed E-state index contributed by atoms with van der Waals surface area (Å²) in [6.45, 7) is 1.62. The van der Waals surface area contributed by atoms with Gasteiger partial charge in [-0.15, -0.1) is 0 Å². The van der Waals surface area contributed by atoms with Gasteiger partial charge in [0, 0.05) is 5.56 Å². The van der Waals surface area contributed by atoms with Gasteiger partial charge in [-0.25, -0.2) is 4.79 Å². The molecule has 5 rings (SSSR count). The van der Waals surface area contributed by atoms with Crippen LogP contribution in [0.5, 0.6) is 5.75 Å². The van der Waals surface area contributed by atoms with Crippen molar-refractivity contribution in [1.82, 2.24) is 0 Å². The minimum atomic E-state index is -0.661. The summed E-state index contributed by atoms with van der Waals surface area (Å²) in [5.41, 5.74) is 2.26. The molecule has 1 heterocycles. The third kappa shape index (κ3) is 3.44. The lowest BCUT2D eigenvalue weighted by molar-refractivity contribution is -0.123. The average molecular weight is 445 g/mol. The van der Waals surface area contributed by atoms with E-state index in [1.54, 1.807) is 36.4 Å². The van der Waals surface area contributed by atoms with Crippen LogP contribution in [0.2, 0.25) is 0 Å². The number of methoxy groups -OCH3 is 1. The number of carbonyl (C=O) groups excluding carboxylic acids is 4. The van der Waals surface area contributed by atoms with Gasteiger partial charge in [0.05, 0.1) is 30.2 Å². The van der Waals surface area contributed by atoms with Gasteiger partial charge in [0.25, 0.3) is 0 Å². The topological polar surface area (TPSA) is 90.0 Å². The Labute approximate surface area is 191 Å². The van der Waals surface area contributed by atoms with E-state index in [2.05, 4.69) is 6.08 Å². The smallest absolute Gasteiger partial charge is 0.338 e. The number of amides is 2. The second-order valence-corrected chi connectivity index (χ2v) is 8.76. The zero-order valence-electron chi connectivity index (χ0n) is 18.3. The molecule has 2 fully saturated rings. The van der Waals surface area contributed by atoms with Crippen molar-refractivity contribution in [3.63, 3.8) is 0 Å². The molecule has 0 spiro atoms. The predicted octanol–water partition coefficient (Wildman–Crippen LogP) is 3.44. The third-order valence-corrected chi connectivity index (χ3v) is 6.97. The van der Waals surface area contributed by atoms with E-state index in [4.69, 9.17) is 9.47 Å². The highest BCUT2D eigenvalue weighted by Gasteiger charge is 2.60. The number of anilines is 1. The number of rotatable bonds is 6. The lowest BCUT2D eigenvalue weighted by atomic mass is 9.82. The van der Waals surface area contributed by atoms with Crippen molar-refractivity contribution in [2.75, 3.05) is 18.6 Å².